The zero-order chi connectivity index (χ0) is 18.9. The molecule has 0 heterocycles. The molecule has 1 N–H and O–H groups in total. The molecule has 0 aliphatic rings. The molecule has 0 spiro atoms. The van der Waals surface area contributed by atoms with E-state index in [9.17, 15) is 9.59 Å². The van der Waals surface area contributed by atoms with E-state index >= 15 is 0 Å². The van der Waals surface area contributed by atoms with Crippen LogP contribution in [0.25, 0.3) is 0 Å². The standard InChI is InChI=1S/C21H26N2O3/c1-16-8-4-5-10-19(16)14-23(17(2)24)15-21(25)22-13-12-18-9-6-7-11-20(18)26-3/h4-11H,12-15H2,1-3H3,(H,22,25). The van der Waals surface area contributed by atoms with E-state index < -0.39 is 0 Å². The van der Waals surface area contributed by atoms with Crippen molar-refractivity contribution in [3.63, 3.8) is 0 Å². The van der Waals surface area contributed by atoms with Gasteiger partial charge in [0.15, 0.2) is 0 Å². The molecule has 0 aliphatic heterocycles. The van der Waals surface area contributed by atoms with Crippen LogP contribution in [-0.2, 0) is 22.6 Å². The van der Waals surface area contributed by atoms with Crippen LogP contribution < -0.4 is 10.1 Å². The van der Waals surface area contributed by atoms with Crippen molar-refractivity contribution in [1.82, 2.24) is 10.2 Å². The van der Waals surface area contributed by atoms with Gasteiger partial charge in [-0.2, -0.15) is 0 Å². The summed E-state index contributed by atoms with van der Waals surface area (Å²) < 4.78 is 5.31. The van der Waals surface area contributed by atoms with Crippen LogP contribution >= 0.6 is 0 Å². The van der Waals surface area contributed by atoms with Crippen molar-refractivity contribution in [2.75, 3.05) is 20.2 Å². The number of hydrogen-bond donors (Lipinski definition) is 1. The SMILES string of the molecule is COc1ccccc1CCNC(=O)CN(Cc1ccccc1C)C(C)=O. The Kier molecular flexibility index (Phi) is 7.21. The van der Waals surface area contributed by atoms with Gasteiger partial charge in [0, 0.05) is 20.0 Å². The van der Waals surface area contributed by atoms with E-state index in [0.29, 0.717) is 19.5 Å². The first-order chi connectivity index (χ1) is 12.5. The molecule has 0 saturated heterocycles. The maximum absolute atomic E-state index is 12.2. The highest BCUT2D eigenvalue weighted by Gasteiger charge is 2.15. The average molecular weight is 354 g/mol. The molecule has 5 heteroatoms. The fourth-order valence-electron chi connectivity index (χ4n) is 2.75. The van der Waals surface area contributed by atoms with Gasteiger partial charge in [-0.3, -0.25) is 9.59 Å². The Hall–Kier alpha value is -2.82. The molecular formula is C21H26N2O3. The smallest absolute Gasteiger partial charge is 0.239 e. The molecule has 2 amide bonds. The molecule has 0 saturated carbocycles. The third kappa shape index (κ3) is 5.62. The molecule has 2 aromatic carbocycles. The van der Waals surface area contributed by atoms with Gasteiger partial charge < -0.3 is 15.0 Å². The minimum absolute atomic E-state index is 0.0512. The minimum atomic E-state index is -0.163. The molecule has 138 valence electrons. The largest absolute Gasteiger partial charge is 0.496 e. The van der Waals surface area contributed by atoms with Crippen LogP contribution in [0, 0.1) is 6.92 Å². The number of carbonyl (C=O) groups excluding carboxylic acids is 2. The maximum Gasteiger partial charge on any atom is 0.239 e. The number of benzene rings is 2. The molecule has 0 radical (unpaired) electrons. The van der Waals surface area contributed by atoms with Crippen LogP contribution in [0.3, 0.4) is 0 Å². The molecule has 5 nitrogen and oxygen atoms in total. The number of methoxy groups -OCH3 is 1. The van der Waals surface area contributed by atoms with Gasteiger partial charge in [0.2, 0.25) is 11.8 Å². The lowest BCUT2D eigenvalue weighted by Crippen LogP contribution is -2.40. The highest BCUT2D eigenvalue weighted by Crippen LogP contribution is 2.17. The quantitative estimate of drug-likeness (QED) is 0.793. The molecule has 0 unspecified atom stereocenters. The summed E-state index contributed by atoms with van der Waals surface area (Å²) in [4.78, 5) is 25.7. The Morgan fingerprint density at radius 2 is 1.69 bits per heavy atom. The van der Waals surface area contributed by atoms with Gasteiger partial charge in [-0.25, -0.2) is 0 Å². The lowest BCUT2D eigenvalue weighted by molar-refractivity contribution is -0.134. The fourth-order valence-corrected chi connectivity index (χ4v) is 2.75. The first kappa shape index (κ1) is 19.5. The number of hydrogen-bond acceptors (Lipinski definition) is 3. The van der Waals surface area contributed by atoms with Crippen molar-refractivity contribution in [2.24, 2.45) is 0 Å². The predicted octanol–water partition coefficient (Wildman–Crippen LogP) is 2.71. The molecule has 0 bridgehead atoms. The molecule has 26 heavy (non-hydrogen) atoms. The topological polar surface area (TPSA) is 58.6 Å². The maximum atomic E-state index is 12.2. The molecule has 0 atom stereocenters. The third-order valence-electron chi connectivity index (χ3n) is 4.31. The van der Waals surface area contributed by atoms with Crippen LogP contribution in [0.4, 0.5) is 0 Å². The number of amides is 2. The van der Waals surface area contributed by atoms with E-state index in [1.54, 1.807) is 12.0 Å². The summed E-state index contributed by atoms with van der Waals surface area (Å²) >= 11 is 0. The molecule has 0 fully saturated rings. The molecule has 2 rings (SSSR count). The van der Waals surface area contributed by atoms with Crippen LogP contribution in [-0.4, -0.2) is 36.9 Å². The second-order valence-corrected chi connectivity index (χ2v) is 6.21. The van der Waals surface area contributed by atoms with Crippen molar-refractivity contribution in [1.29, 1.82) is 0 Å². The van der Waals surface area contributed by atoms with Crippen molar-refractivity contribution in [2.45, 2.75) is 26.8 Å². The Balaban J connectivity index is 1.88. The highest BCUT2D eigenvalue weighted by molar-refractivity contribution is 5.83. The predicted molar refractivity (Wildman–Crippen MR) is 102 cm³/mol. The number of nitrogens with one attached hydrogen (secondary N) is 1. The number of para-hydroxylation sites is 1. The first-order valence-corrected chi connectivity index (χ1v) is 8.70. The Morgan fingerprint density at radius 3 is 2.35 bits per heavy atom. The Morgan fingerprint density at radius 1 is 1.04 bits per heavy atom. The Labute approximate surface area is 155 Å². The summed E-state index contributed by atoms with van der Waals surface area (Å²) in [6.07, 6.45) is 0.674. The number of ether oxygens (including phenoxy) is 1. The lowest BCUT2D eigenvalue weighted by atomic mass is 10.1. The second kappa shape index (κ2) is 9.61. The van der Waals surface area contributed by atoms with Crippen LogP contribution in [0.1, 0.15) is 23.6 Å². The minimum Gasteiger partial charge on any atom is -0.496 e. The van der Waals surface area contributed by atoms with Gasteiger partial charge in [-0.05, 0) is 36.1 Å². The summed E-state index contributed by atoms with van der Waals surface area (Å²) in [5.41, 5.74) is 3.19. The van der Waals surface area contributed by atoms with Gasteiger partial charge in [-0.15, -0.1) is 0 Å². The number of aryl methyl sites for hydroxylation is 1. The van der Waals surface area contributed by atoms with E-state index in [4.69, 9.17) is 4.74 Å². The summed E-state index contributed by atoms with van der Waals surface area (Å²) in [5, 5.41) is 2.88. The average Bonchev–Trinajstić information content (AvgIpc) is 2.63. The monoisotopic (exact) mass is 354 g/mol. The molecule has 0 aromatic heterocycles. The van der Waals surface area contributed by atoms with E-state index in [-0.39, 0.29) is 18.4 Å². The van der Waals surface area contributed by atoms with Gasteiger partial charge in [0.1, 0.15) is 5.75 Å². The van der Waals surface area contributed by atoms with Crippen molar-refractivity contribution >= 4 is 11.8 Å². The fraction of sp³-hybridized carbons (Fsp3) is 0.333. The lowest BCUT2D eigenvalue weighted by Gasteiger charge is -2.21. The van der Waals surface area contributed by atoms with Gasteiger partial charge >= 0.3 is 0 Å². The summed E-state index contributed by atoms with van der Waals surface area (Å²) in [6, 6.07) is 15.6. The van der Waals surface area contributed by atoms with E-state index in [1.165, 1.54) is 6.92 Å². The van der Waals surface area contributed by atoms with Crippen LogP contribution in [0.5, 0.6) is 5.75 Å². The number of rotatable bonds is 8. The Bertz CT molecular complexity index is 758. The van der Waals surface area contributed by atoms with E-state index in [0.717, 1.165) is 22.4 Å². The van der Waals surface area contributed by atoms with Crippen molar-refractivity contribution in [3.8, 4) is 5.75 Å². The summed E-state index contributed by atoms with van der Waals surface area (Å²) in [7, 11) is 1.63. The van der Waals surface area contributed by atoms with E-state index in [2.05, 4.69) is 5.32 Å². The normalized spacial score (nSPS) is 10.3. The van der Waals surface area contributed by atoms with Crippen molar-refractivity contribution < 1.29 is 14.3 Å². The third-order valence-corrected chi connectivity index (χ3v) is 4.31. The van der Waals surface area contributed by atoms with Gasteiger partial charge in [-0.1, -0.05) is 42.5 Å². The zero-order valence-corrected chi connectivity index (χ0v) is 15.6. The molecule has 2 aromatic rings. The van der Waals surface area contributed by atoms with E-state index in [1.807, 2.05) is 55.5 Å². The van der Waals surface area contributed by atoms with Gasteiger partial charge in [0.25, 0.3) is 0 Å². The van der Waals surface area contributed by atoms with Crippen LogP contribution in [0.15, 0.2) is 48.5 Å². The summed E-state index contributed by atoms with van der Waals surface area (Å²) in [5.74, 6) is 0.531. The number of carbonyl (C=O) groups is 2. The van der Waals surface area contributed by atoms with Crippen LogP contribution in [0.2, 0.25) is 0 Å². The highest BCUT2D eigenvalue weighted by atomic mass is 16.5. The zero-order valence-electron chi connectivity index (χ0n) is 15.6. The van der Waals surface area contributed by atoms with Gasteiger partial charge in [0.05, 0.1) is 13.7 Å². The molecule has 0 aliphatic carbocycles. The number of nitrogens with zero attached hydrogens (tertiary/aromatic N) is 1. The molecular weight excluding hydrogens is 328 g/mol. The van der Waals surface area contributed by atoms with Crippen molar-refractivity contribution in [3.05, 3.63) is 65.2 Å². The first-order valence-electron chi connectivity index (χ1n) is 8.70. The summed E-state index contributed by atoms with van der Waals surface area (Å²) in [6.45, 7) is 4.47. The second-order valence-electron chi connectivity index (χ2n) is 6.21.